The average Bonchev–Trinajstić information content (AvgIpc) is 2.45. The summed E-state index contributed by atoms with van der Waals surface area (Å²) in [6.45, 7) is 0.542. The molecule has 1 aromatic rings. The second-order valence-corrected chi connectivity index (χ2v) is 4.85. The molecular formula is C14H17FN2O3. The first-order valence-corrected chi connectivity index (χ1v) is 6.54. The Morgan fingerprint density at radius 2 is 2.15 bits per heavy atom. The summed E-state index contributed by atoms with van der Waals surface area (Å²) in [6, 6.07) is 5.46. The quantitative estimate of drug-likeness (QED) is 0.751. The van der Waals surface area contributed by atoms with Gasteiger partial charge in [-0.25, -0.2) is 4.39 Å². The second-order valence-electron chi connectivity index (χ2n) is 4.85. The number of carbonyl (C=O) groups excluding carboxylic acids is 2. The van der Waals surface area contributed by atoms with Crippen molar-refractivity contribution in [3.63, 3.8) is 0 Å². The number of carbonyl (C=O) groups is 2. The lowest BCUT2D eigenvalue weighted by molar-refractivity contribution is -0.132. The maximum absolute atomic E-state index is 12.8. The summed E-state index contributed by atoms with van der Waals surface area (Å²) < 4.78 is 12.8. The van der Waals surface area contributed by atoms with E-state index in [0.29, 0.717) is 18.5 Å². The monoisotopic (exact) mass is 280 g/mol. The van der Waals surface area contributed by atoms with Crippen LogP contribution >= 0.6 is 0 Å². The fourth-order valence-corrected chi connectivity index (χ4v) is 2.15. The molecule has 0 aliphatic carbocycles. The topological polar surface area (TPSA) is 78.4 Å². The average molecular weight is 280 g/mol. The van der Waals surface area contributed by atoms with Gasteiger partial charge in [-0.05, 0) is 24.1 Å². The molecule has 1 aromatic carbocycles. The highest BCUT2D eigenvalue weighted by Crippen LogP contribution is 2.15. The molecule has 2 unspecified atom stereocenters. The van der Waals surface area contributed by atoms with E-state index in [9.17, 15) is 19.1 Å². The number of aliphatic hydroxyl groups excluding tert-OH is 1. The smallest absolute Gasteiger partial charge is 0.223 e. The number of hydrogen-bond donors (Lipinski definition) is 3. The minimum atomic E-state index is -0.892. The number of benzene rings is 1. The summed E-state index contributed by atoms with van der Waals surface area (Å²) in [5.41, 5.74) is 0.535. The summed E-state index contributed by atoms with van der Waals surface area (Å²) in [4.78, 5) is 23.1. The van der Waals surface area contributed by atoms with Gasteiger partial charge in [-0.3, -0.25) is 9.59 Å². The third-order valence-corrected chi connectivity index (χ3v) is 3.34. The molecule has 0 saturated carbocycles. The molecule has 6 heteroatoms. The Kier molecular flexibility index (Phi) is 4.68. The third kappa shape index (κ3) is 3.77. The molecule has 2 rings (SSSR count). The maximum Gasteiger partial charge on any atom is 0.223 e. The van der Waals surface area contributed by atoms with Crippen molar-refractivity contribution in [1.29, 1.82) is 0 Å². The number of halogens is 1. The number of piperidine rings is 1. The number of hydrogen-bond acceptors (Lipinski definition) is 3. The molecule has 0 spiro atoms. The van der Waals surface area contributed by atoms with Crippen LogP contribution in [0.25, 0.3) is 0 Å². The van der Waals surface area contributed by atoms with E-state index in [0.717, 1.165) is 0 Å². The standard InChI is InChI=1S/C14H17FN2O3/c15-11-3-1-9(2-4-11)12(18)8-17-14(20)10-5-6-16-13(19)7-10/h1-4,10,12,18H,5-8H2,(H,16,19)(H,17,20). The summed E-state index contributed by atoms with van der Waals surface area (Å²) >= 11 is 0. The number of nitrogens with one attached hydrogen (secondary N) is 2. The van der Waals surface area contributed by atoms with Gasteiger partial charge in [0, 0.05) is 25.4 Å². The van der Waals surface area contributed by atoms with Crippen LogP contribution in [0.5, 0.6) is 0 Å². The van der Waals surface area contributed by atoms with Crippen LogP contribution in [0, 0.1) is 11.7 Å². The van der Waals surface area contributed by atoms with E-state index in [4.69, 9.17) is 0 Å². The zero-order valence-corrected chi connectivity index (χ0v) is 10.9. The Hall–Kier alpha value is -1.95. The molecule has 1 heterocycles. The normalized spacial score (nSPS) is 20.1. The van der Waals surface area contributed by atoms with Gasteiger partial charge in [0.25, 0.3) is 0 Å². The van der Waals surface area contributed by atoms with Crippen molar-refractivity contribution in [3.8, 4) is 0 Å². The number of aliphatic hydroxyl groups is 1. The minimum Gasteiger partial charge on any atom is -0.387 e. The van der Waals surface area contributed by atoms with Crippen LogP contribution in [0.4, 0.5) is 4.39 Å². The molecule has 1 saturated heterocycles. The molecule has 108 valence electrons. The molecular weight excluding hydrogens is 263 g/mol. The Bertz CT molecular complexity index is 490. The van der Waals surface area contributed by atoms with Gasteiger partial charge in [-0.2, -0.15) is 0 Å². The van der Waals surface area contributed by atoms with Crippen LogP contribution in [0.2, 0.25) is 0 Å². The highest BCUT2D eigenvalue weighted by molar-refractivity contribution is 5.86. The van der Waals surface area contributed by atoms with Crippen molar-refractivity contribution in [3.05, 3.63) is 35.6 Å². The van der Waals surface area contributed by atoms with Gasteiger partial charge in [-0.1, -0.05) is 12.1 Å². The lowest BCUT2D eigenvalue weighted by atomic mass is 9.96. The van der Waals surface area contributed by atoms with E-state index in [-0.39, 0.29) is 36.5 Å². The summed E-state index contributed by atoms with van der Waals surface area (Å²) in [5.74, 6) is -1.08. The molecule has 1 aliphatic rings. The molecule has 0 aromatic heterocycles. The van der Waals surface area contributed by atoms with E-state index in [1.165, 1.54) is 24.3 Å². The van der Waals surface area contributed by atoms with Gasteiger partial charge < -0.3 is 15.7 Å². The highest BCUT2D eigenvalue weighted by atomic mass is 19.1. The Balaban J connectivity index is 1.83. The number of amides is 2. The first-order valence-electron chi connectivity index (χ1n) is 6.54. The van der Waals surface area contributed by atoms with Gasteiger partial charge in [0.1, 0.15) is 5.82 Å². The van der Waals surface area contributed by atoms with Crippen molar-refractivity contribution in [2.24, 2.45) is 5.92 Å². The molecule has 0 bridgehead atoms. The number of rotatable bonds is 4. The first kappa shape index (κ1) is 14.5. The Labute approximate surface area is 116 Å². The van der Waals surface area contributed by atoms with Gasteiger partial charge in [0.05, 0.1) is 6.10 Å². The molecule has 5 nitrogen and oxygen atoms in total. The zero-order chi connectivity index (χ0) is 14.5. The van der Waals surface area contributed by atoms with Crippen molar-refractivity contribution in [1.82, 2.24) is 10.6 Å². The van der Waals surface area contributed by atoms with Crippen molar-refractivity contribution < 1.29 is 19.1 Å². The second kappa shape index (κ2) is 6.47. The molecule has 2 atom stereocenters. The summed E-state index contributed by atoms with van der Waals surface area (Å²) in [6.07, 6.45) is -0.111. The summed E-state index contributed by atoms with van der Waals surface area (Å²) in [5, 5.41) is 15.2. The van der Waals surface area contributed by atoms with E-state index < -0.39 is 6.10 Å². The van der Waals surface area contributed by atoms with E-state index in [2.05, 4.69) is 10.6 Å². The van der Waals surface area contributed by atoms with Crippen LogP contribution in [0.15, 0.2) is 24.3 Å². The predicted octanol–water partition coefficient (Wildman–Crippen LogP) is 0.501. The molecule has 1 fully saturated rings. The zero-order valence-electron chi connectivity index (χ0n) is 10.9. The van der Waals surface area contributed by atoms with Crippen molar-refractivity contribution in [2.75, 3.05) is 13.1 Å². The highest BCUT2D eigenvalue weighted by Gasteiger charge is 2.25. The minimum absolute atomic E-state index is 0.0442. The van der Waals surface area contributed by atoms with E-state index in [1.807, 2.05) is 0 Å². The van der Waals surface area contributed by atoms with Crippen LogP contribution in [-0.4, -0.2) is 30.0 Å². The lowest BCUT2D eigenvalue weighted by Gasteiger charge is -2.22. The largest absolute Gasteiger partial charge is 0.387 e. The van der Waals surface area contributed by atoms with E-state index in [1.54, 1.807) is 0 Å². The van der Waals surface area contributed by atoms with Gasteiger partial charge >= 0.3 is 0 Å². The Morgan fingerprint density at radius 1 is 1.45 bits per heavy atom. The fourth-order valence-electron chi connectivity index (χ4n) is 2.15. The van der Waals surface area contributed by atoms with Gasteiger partial charge in [0.15, 0.2) is 0 Å². The molecule has 2 amide bonds. The van der Waals surface area contributed by atoms with Gasteiger partial charge in [0.2, 0.25) is 11.8 Å². The van der Waals surface area contributed by atoms with Crippen LogP contribution < -0.4 is 10.6 Å². The molecule has 1 aliphatic heterocycles. The SMILES string of the molecule is O=C1CC(C(=O)NCC(O)c2ccc(F)cc2)CCN1. The maximum atomic E-state index is 12.8. The molecule has 0 radical (unpaired) electrons. The van der Waals surface area contributed by atoms with Crippen LogP contribution in [-0.2, 0) is 9.59 Å². The third-order valence-electron chi connectivity index (χ3n) is 3.34. The van der Waals surface area contributed by atoms with Crippen molar-refractivity contribution in [2.45, 2.75) is 18.9 Å². The lowest BCUT2D eigenvalue weighted by Crippen LogP contribution is -2.42. The predicted molar refractivity (Wildman–Crippen MR) is 70.1 cm³/mol. The first-order chi connectivity index (χ1) is 9.56. The molecule has 20 heavy (non-hydrogen) atoms. The Morgan fingerprint density at radius 3 is 2.80 bits per heavy atom. The van der Waals surface area contributed by atoms with Crippen LogP contribution in [0.1, 0.15) is 24.5 Å². The molecule has 3 N–H and O–H groups in total. The van der Waals surface area contributed by atoms with E-state index >= 15 is 0 Å². The van der Waals surface area contributed by atoms with Gasteiger partial charge in [-0.15, -0.1) is 0 Å². The van der Waals surface area contributed by atoms with Crippen LogP contribution in [0.3, 0.4) is 0 Å². The van der Waals surface area contributed by atoms with Crippen molar-refractivity contribution >= 4 is 11.8 Å². The fraction of sp³-hybridized carbons (Fsp3) is 0.429. The summed E-state index contributed by atoms with van der Waals surface area (Å²) in [7, 11) is 0.